The van der Waals surface area contributed by atoms with Gasteiger partial charge >= 0.3 is 5.97 Å². The maximum atomic E-state index is 12.3. The van der Waals surface area contributed by atoms with Gasteiger partial charge in [-0.15, -0.1) is 0 Å². The van der Waals surface area contributed by atoms with Crippen molar-refractivity contribution in [3.63, 3.8) is 0 Å². The zero-order valence-corrected chi connectivity index (χ0v) is 16.7. The minimum atomic E-state index is -0.555. The van der Waals surface area contributed by atoms with Crippen LogP contribution in [0.15, 0.2) is 72.8 Å². The number of ether oxygens (including phenoxy) is 2. The number of para-hydroxylation sites is 2. The second-order valence-electron chi connectivity index (χ2n) is 6.00. The third kappa shape index (κ3) is 5.98. The van der Waals surface area contributed by atoms with Crippen LogP contribution in [0.3, 0.4) is 0 Å². The number of amides is 1. The quantitative estimate of drug-likeness (QED) is 0.428. The van der Waals surface area contributed by atoms with Crippen molar-refractivity contribution >= 4 is 35.1 Å². The molecule has 0 spiro atoms. The molecular formula is C22H17Cl2NO4. The van der Waals surface area contributed by atoms with Crippen molar-refractivity contribution in [1.29, 1.82) is 0 Å². The summed E-state index contributed by atoms with van der Waals surface area (Å²) in [7, 11) is 0. The fraction of sp³-hybridized carbons (Fsp3) is 0.0909. The van der Waals surface area contributed by atoms with Gasteiger partial charge in [0, 0.05) is 16.6 Å². The molecule has 0 aliphatic heterocycles. The number of carbonyl (C=O) groups excluding carboxylic acids is 2. The van der Waals surface area contributed by atoms with Crippen molar-refractivity contribution in [2.75, 3.05) is 6.61 Å². The predicted octanol–water partition coefficient (Wildman–Crippen LogP) is 4.91. The summed E-state index contributed by atoms with van der Waals surface area (Å²) in [4.78, 5) is 24.4. The first-order valence-electron chi connectivity index (χ1n) is 8.72. The van der Waals surface area contributed by atoms with Gasteiger partial charge in [-0.3, -0.25) is 4.79 Å². The third-order valence-electron chi connectivity index (χ3n) is 3.92. The first-order valence-corrected chi connectivity index (χ1v) is 9.48. The Labute approximate surface area is 178 Å². The number of halogens is 2. The SMILES string of the molecule is O=C(COc1ccccc1OC(=O)c1ccc(Cl)cc1)NCc1ccccc1Cl. The summed E-state index contributed by atoms with van der Waals surface area (Å²) in [5, 5.41) is 3.83. The lowest BCUT2D eigenvalue weighted by molar-refractivity contribution is -0.123. The number of benzene rings is 3. The largest absolute Gasteiger partial charge is 0.480 e. The molecule has 5 nitrogen and oxygen atoms in total. The number of hydrogen-bond acceptors (Lipinski definition) is 4. The second kappa shape index (κ2) is 9.96. The van der Waals surface area contributed by atoms with E-state index in [1.165, 1.54) is 0 Å². The highest BCUT2D eigenvalue weighted by molar-refractivity contribution is 6.31. The summed E-state index contributed by atoms with van der Waals surface area (Å²) in [6, 6.07) is 20.2. The predicted molar refractivity (Wildman–Crippen MR) is 112 cm³/mol. The van der Waals surface area contributed by atoms with Gasteiger partial charge in [-0.25, -0.2) is 4.79 Å². The molecule has 0 saturated heterocycles. The van der Waals surface area contributed by atoms with Crippen molar-refractivity contribution in [3.05, 3.63) is 94.0 Å². The van der Waals surface area contributed by atoms with Gasteiger partial charge in [0.1, 0.15) is 0 Å². The zero-order chi connectivity index (χ0) is 20.6. The summed E-state index contributed by atoms with van der Waals surface area (Å²) in [5.41, 5.74) is 1.15. The maximum Gasteiger partial charge on any atom is 0.343 e. The van der Waals surface area contributed by atoms with Crippen molar-refractivity contribution < 1.29 is 19.1 Å². The molecule has 0 bridgehead atoms. The monoisotopic (exact) mass is 429 g/mol. The Hall–Kier alpha value is -3.02. The van der Waals surface area contributed by atoms with Gasteiger partial charge in [0.2, 0.25) is 0 Å². The van der Waals surface area contributed by atoms with Crippen LogP contribution in [0.25, 0.3) is 0 Å². The van der Waals surface area contributed by atoms with E-state index in [0.717, 1.165) is 5.56 Å². The highest BCUT2D eigenvalue weighted by atomic mass is 35.5. The van der Waals surface area contributed by atoms with E-state index in [-0.39, 0.29) is 30.6 Å². The van der Waals surface area contributed by atoms with Gasteiger partial charge in [-0.2, -0.15) is 0 Å². The van der Waals surface area contributed by atoms with E-state index in [1.54, 1.807) is 54.6 Å². The first-order chi connectivity index (χ1) is 14.0. The number of hydrogen-bond donors (Lipinski definition) is 1. The Morgan fingerprint density at radius 1 is 0.828 bits per heavy atom. The molecule has 0 aromatic heterocycles. The molecule has 148 valence electrons. The minimum absolute atomic E-state index is 0.214. The topological polar surface area (TPSA) is 64.6 Å². The Morgan fingerprint density at radius 3 is 2.21 bits per heavy atom. The van der Waals surface area contributed by atoms with Crippen LogP contribution in [0.5, 0.6) is 11.5 Å². The summed E-state index contributed by atoms with van der Waals surface area (Å²) in [6.45, 7) is 0.0506. The molecule has 0 atom stereocenters. The van der Waals surface area contributed by atoms with E-state index in [1.807, 2.05) is 18.2 Å². The Morgan fingerprint density at radius 2 is 1.48 bits per heavy atom. The van der Waals surface area contributed by atoms with Crippen LogP contribution in [-0.4, -0.2) is 18.5 Å². The van der Waals surface area contributed by atoms with Gasteiger partial charge in [0.05, 0.1) is 5.56 Å². The van der Waals surface area contributed by atoms with Crippen LogP contribution in [-0.2, 0) is 11.3 Å². The summed E-state index contributed by atoms with van der Waals surface area (Å²) in [6.07, 6.45) is 0. The number of nitrogens with one attached hydrogen (secondary N) is 1. The van der Waals surface area contributed by atoms with E-state index >= 15 is 0 Å². The van der Waals surface area contributed by atoms with Crippen LogP contribution in [0.2, 0.25) is 10.0 Å². The third-order valence-corrected chi connectivity index (χ3v) is 4.55. The smallest absolute Gasteiger partial charge is 0.343 e. The van der Waals surface area contributed by atoms with Crippen LogP contribution >= 0.6 is 23.2 Å². The molecule has 1 amide bonds. The molecule has 0 fully saturated rings. The molecule has 0 heterocycles. The molecule has 3 rings (SSSR count). The Kier molecular flexibility index (Phi) is 7.11. The number of rotatable bonds is 7. The summed E-state index contributed by atoms with van der Waals surface area (Å²) < 4.78 is 10.9. The molecule has 0 unspecified atom stereocenters. The molecule has 0 radical (unpaired) electrons. The molecule has 0 aliphatic rings. The van der Waals surface area contributed by atoms with Gasteiger partial charge in [-0.1, -0.05) is 53.5 Å². The molecule has 7 heteroatoms. The van der Waals surface area contributed by atoms with Crippen molar-refractivity contribution in [2.24, 2.45) is 0 Å². The lowest BCUT2D eigenvalue weighted by Gasteiger charge is -2.12. The van der Waals surface area contributed by atoms with Crippen LogP contribution in [0.4, 0.5) is 0 Å². The standard InChI is InChI=1S/C22H17Cl2NO4/c23-17-11-9-15(10-12-17)22(27)29-20-8-4-3-7-19(20)28-14-21(26)25-13-16-5-1-2-6-18(16)24/h1-12H,13-14H2,(H,25,26). The van der Waals surface area contributed by atoms with E-state index in [4.69, 9.17) is 32.7 Å². The van der Waals surface area contributed by atoms with E-state index in [2.05, 4.69) is 5.32 Å². The molecule has 0 saturated carbocycles. The van der Waals surface area contributed by atoms with Gasteiger partial charge < -0.3 is 14.8 Å². The summed E-state index contributed by atoms with van der Waals surface area (Å²) in [5.74, 6) is -0.390. The molecule has 3 aromatic rings. The number of carbonyl (C=O) groups is 2. The first kappa shape index (κ1) is 20.7. The molecule has 3 aromatic carbocycles. The van der Waals surface area contributed by atoms with E-state index < -0.39 is 5.97 Å². The zero-order valence-electron chi connectivity index (χ0n) is 15.2. The van der Waals surface area contributed by atoms with E-state index in [0.29, 0.717) is 15.6 Å². The highest BCUT2D eigenvalue weighted by Crippen LogP contribution is 2.27. The highest BCUT2D eigenvalue weighted by Gasteiger charge is 2.13. The fourth-order valence-corrected chi connectivity index (χ4v) is 2.76. The lowest BCUT2D eigenvalue weighted by atomic mass is 10.2. The average Bonchev–Trinajstić information content (AvgIpc) is 2.73. The van der Waals surface area contributed by atoms with Gasteiger partial charge in [0.15, 0.2) is 18.1 Å². The molecule has 29 heavy (non-hydrogen) atoms. The van der Waals surface area contributed by atoms with Crippen LogP contribution < -0.4 is 14.8 Å². The van der Waals surface area contributed by atoms with Crippen molar-refractivity contribution in [2.45, 2.75) is 6.54 Å². The van der Waals surface area contributed by atoms with Crippen LogP contribution in [0.1, 0.15) is 15.9 Å². The second-order valence-corrected chi connectivity index (χ2v) is 6.84. The summed E-state index contributed by atoms with van der Waals surface area (Å²) >= 11 is 11.9. The Balaban J connectivity index is 1.57. The fourth-order valence-electron chi connectivity index (χ4n) is 2.43. The van der Waals surface area contributed by atoms with Gasteiger partial charge in [0.25, 0.3) is 5.91 Å². The average molecular weight is 430 g/mol. The van der Waals surface area contributed by atoms with E-state index in [9.17, 15) is 9.59 Å². The van der Waals surface area contributed by atoms with Gasteiger partial charge in [-0.05, 0) is 48.0 Å². The Bertz CT molecular complexity index is 1010. The normalized spacial score (nSPS) is 10.3. The van der Waals surface area contributed by atoms with Crippen LogP contribution in [0, 0.1) is 0 Å². The lowest BCUT2D eigenvalue weighted by Crippen LogP contribution is -2.28. The molecule has 1 N–H and O–H groups in total. The maximum absolute atomic E-state index is 12.3. The minimum Gasteiger partial charge on any atom is -0.480 e. The van der Waals surface area contributed by atoms with Crippen molar-refractivity contribution in [3.8, 4) is 11.5 Å². The van der Waals surface area contributed by atoms with Crippen molar-refractivity contribution in [1.82, 2.24) is 5.32 Å². The molecule has 0 aliphatic carbocycles. The number of esters is 1. The molecular weight excluding hydrogens is 413 g/mol.